The van der Waals surface area contributed by atoms with Crippen LogP contribution in [-0.4, -0.2) is 47.0 Å². The van der Waals surface area contributed by atoms with Crippen LogP contribution in [0.25, 0.3) is 21.3 Å². The molecule has 0 unspecified atom stereocenters. The van der Waals surface area contributed by atoms with Gasteiger partial charge in [-0.3, -0.25) is 4.79 Å². The molecule has 0 aliphatic carbocycles. The van der Waals surface area contributed by atoms with Gasteiger partial charge in [-0.1, -0.05) is 30.3 Å². The van der Waals surface area contributed by atoms with Crippen molar-refractivity contribution in [3.63, 3.8) is 0 Å². The zero-order valence-electron chi connectivity index (χ0n) is 14.1. The average molecular weight is 385 g/mol. The molecule has 5 nitrogen and oxygen atoms in total. The molecule has 0 atom stereocenters. The van der Waals surface area contributed by atoms with Crippen molar-refractivity contribution in [2.24, 2.45) is 0 Å². The number of amides is 1. The lowest BCUT2D eigenvalue weighted by molar-refractivity contribution is -0.126. The largest absolute Gasteiger partial charge is 0.352 e. The van der Waals surface area contributed by atoms with Crippen LogP contribution < -0.4 is 4.90 Å². The van der Waals surface area contributed by atoms with Crippen LogP contribution in [0.15, 0.2) is 48.6 Å². The Morgan fingerprint density at radius 1 is 1.15 bits per heavy atom. The van der Waals surface area contributed by atoms with Crippen molar-refractivity contribution in [1.29, 1.82) is 0 Å². The monoisotopic (exact) mass is 384 g/mol. The maximum atomic E-state index is 11.8. The molecule has 0 N–H and O–H groups in total. The molecule has 132 valence electrons. The molecule has 0 spiro atoms. The second-order valence-corrected chi connectivity index (χ2v) is 7.34. The Bertz CT molecular complexity index is 961. The maximum Gasteiger partial charge on any atom is 0.246 e. The fraction of sp³-hybridized carbons (Fsp3) is 0.211. The van der Waals surface area contributed by atoms with Gasteiger partial charge >= 0.3 is 0 Å². The van der Waals surface area contributed by atoms with Crippen LogP contribution in [0.2, 0.25) is 5.02 Å². The summed E-state index contributed by atoms with van der Waals surface area (Å²) in [6.45, 7) is 6.37. The predicted octanol–water partition coefficient (Wildman–Crippen LogP) is 3.85. The highest BCUT2D eigenvalue weighted by molar-refractivity contribution is 7.17. The van der Waals surface area contributed by atoms with Gasteiger partial charge in [0.1, 0.15) is 17.0 Å². The number of carbonyl (C=O) groups is 1. The van der Waals surface area contributed by atoms with E-state index in [9.17, 15) is 4.79 Å². The van der Waals surface area contributed by atoms with Crippen molar-refractivity contribution >= 4 is 44.9 Å². The number of fused-ring (bicyclic) bond motifs is 1. The van der Waals surface area contributed by atoms with Crippen LogP contribution in [0.5, 0.6) is 0 Å². The summed E-state index contributed by atoms with van der Waals surface area (Å²) < 4.78 is 0. The number of halogens is 1. The summed E-state index contributed by atoms with van der Waals surface area (Å²) in [6, 6.07) is 7.82. The third kappa shape index (κ3) is 3.06. The SMILES string of the molecule is C=CC(=O)N1CCN(c2ncnc3scc(-c4ccc(Cl)cc4)c23)CC1. The summed E-state index contributed by atoms with van der Waals surface area (Å²) >= 11 is 7.64. The topological polar surface area (TPSA) is 49.3 Å². The minimum Gasteiger partial charge on any atom is -0.352 e. The van der Waals surface area contributed by atoms with Crippen LogP contribution in [0, 0.1) is 0 Å². The summed E-state index contributed by atoms with van der Waals surface area (Å²) in [7, 11) is 0. The Morgan fingerprint density at radius 2 is 1.88 bits per heavy atom. The Labute approximate surface area is 160 Å². The first-order valence-corrected chi connectivity index (χ1v) is 9.57. The second-order valence-electron chi connectivity index (χ2n) is 6.05. The standard InChI is InChI=1S/C19H17ClN4OS/c1-2-16(25)23-7-9-24(10-8-23)18-17-15(11-26-19(17)22-12-21-18)13-3-5-14(20)6-4-13/h2-6,11-12H,1,7-10H2. The molecule has 1 saturated heterocycles. The zero-order chi connectivity index (χ0) is 18.1. The van der Waals surface area contributed by atoms with Gasteiger partial charge in [-0.25, -0.2) is 9.97 Å². The van der Waals surface area contributed by atoms with Crippen LogP contribution in [0.4, 0.5) is 5.82 Å². The molecule has 1 aromatic carbocycles. The third-order valence-electron chi connectivity index (χ3n) is 4.57. The maximum absolute atomic E-state index is 11.8. The number of carbonyl (C=O) groups excluding carboxylic acids is 1. The number of anilines is 1. The number of aromatic nitrogens is 2. The Morgan fingerprint density at radius 3 is 2.58 bits per heavy atom. The number of hydrogen-bond acceptors (Lipinski definition) is 5. The van der Waals surface area contributed by atoms with Gasteiger partial charge in [0.25, 0.3) is 0 Å². The van der Waals surface area contributed by atoms with Crippen LogP contribution >= 0.6 is 22.9 Å². The summed E-state index contributed by atoms with van der Waals surface area (Å²) in [5.74, 6) is 0.904. The highest BCUT2D eigenvalue weighted by Crippen LogP contribution is 2.38. The molecule has 0 radical (unpaired) electrons. The van der Waals surface area contributed by atoms with Gasteiger partial charge in [0.05, 0.1) is 5.39 Å². The number of benzene rings is 1. The summed E-state index contributed by atoms with van der Waals surface area (Å²) in [4.78, 5) is 25.8. The van der Waals surface area contributed by atoms with Crippen molar-refractivity contribution in [3.05, 3.63) is 53.7 Å². The van der Waals surface area contributed by atoms with Crippen molar-refractivity contribution in [1.82, 2.24) is 14.9 Å². The molecule has 26 heavy (non-hydrogen) atoms. The molecule has 3 aromatic rings. The Kier molecular flexibility index (Phi) is 4.61. The average Bonchev–Trinajstić information content (AvgIpc) is 3.12. The quantitative estimate of drug-likeness (QED) is 0.643. The summed E-state index contributed by atoms with van der Waals surface area (Å²) in [5, 5.41) is 3.89. The predicted molar refractivity (Wildman–Crippen MR) is 107 cm³/mol. The van der Waals surface area contributed by atoms with E-state index >= 15 is 0 Å². The Hall–Kier alpha value is -2.44. The van der Waals surface area contributed by atoms with E-state index in [0.29, 0.717) is 18.1 Å². The fourth-order valence-corrected chi connectivity index (χ4v) is 4.25. The highest BCUT2D eigenvalue weighted by Gasteiger charge is 2.23. The number of rotatable bonds is 3. The molecule has 1 aliphatic heterocycles. The molecule has 2 aromatic heterocycles. The van der Waals surface area contributed by atoms with Gasteiger partial charge in [-0.15, -0.1) is 11.3 Å². The molecule has 1 fully saturated rings. The van der Waals surface area contributed by atoms with Crippen molar-refractivity contribution in [2.45, 2.75) is 0 Å². The molecule has 0 bridgehead atoms. The number of piperazine rings is 1. The smallest absolute Gasteiger partial charge is 0.246 e. The normalized spacial score (nSPS) is 14.7. The van der Waals surface area contributed by atoms with Gasteiger partial charge in [0.2, 0.25) is 5.91 Å². The van der Waals surface area contributed by atoms with E-state index in [1.165, 1.54) is 6.08 Å². The highest BCUT2D eigenvalue weighted by atomic mass is 35.5. The molecule has 7 heteroatoms. The van der Waals surface area contributed by atoms with Gasteiger partial charge in [-0.2, -0.15) is 0 Å². The van der Waals surface area contributed by atoms with Gasteiger partial charge in [-0.05, 0) is 23.8 Å². The lowest BCUT2D eigenvalue weighted by Gasteiger charge is -2.35. The zero-order valence-corrected chi connectivity index (χ0v) is 15.6. The van der Waals surface area contributed by atoms with E-state index in [4.69, 9.17) is 11.6 Å². The molecule has 0 saturated carbocycles. The number of thiophene rings is 1. The van der Waals surface area contributed by atoms with Gasteiger partial charge in [0, 0.05) is 42.1 Å². The number of hydrogen-bond donors (Lipinski definition) is 0. The van der Waals surface area contributed by atoms with Crippen LogP contribution in [0.1, 0.15) is 0 Å². The van der Waals surface area contributed by atoms with E-state index in [-0.39, 0.29) is 5.91 Å². The third-order valence-corrected chi connectivity index (χ3v) is 5.71. The summed E-state index contributed by atoms with van der Waals surface area (Å²) in [6.07, 6.45) is 2.98. The lowest BCUT2D eigenvalue weighted by Crippen LogP contribution is -2.48. The first-order chi connectivity index (χ1) is 12.7. The Balaban J connectivity index is 1.70. The van der Waals surface area contributed by atoms with E-state index in [1.807, 2.05) is 29.2 Å². The molecule has 3 heterocycles. The molecular formula is C19H17ClN4OS. The van der Waals surface area contributed by atoms with Crippen molar-refractivity contribution < 1.29 is 4.79 Å². The van der Waals surface area contributed by atoms with E-state index in [1.54, 1.807) is 17.7 Å². The first-order valence-electron chi connectivity index (χ1n) is 8.32. The fourth-order valence-electron chi connectivity index (χ4n) is 3.21. The summed E-state index contributed by atoms with van der Waals surface area (Å²) in [5.41, 5.74) is 2.21. The first kappa shape index (κ1) is 17.0. The van der Waals surface area contributed by atoms with E-state index in [2.05, 4.69) is 26.8 Å². The van der Waals surface area contributed by atoms with Crippen molar-refractivity contribution in [2.75, 3.05) is 31.1 Å². The van der Waals surface area contributed by atoms with Crippen molar-refractivity contribution in [3.8, 4) is 11.1 Å². The van der Waals surface area contributed by atoms with Crippen LogP contribution in [-0.2, 0) is 4.79 Å². The minimum absolute atomic E-state index is 0.0186. The van der Waals surface area contributed by atoms with Crippen LogP contribution in [0.3, 0.4) is 0 Å². The molecule has 1 aliphatic rings. The van der Waals surface area contributed by atoms with Gasteiger partial charge < -0.3 is 9.80 Å². The number of nitrogens with zero attached hydrogens (tertiary/aromatic N) is 4. The van der Waals surface area contributed by atoms with Gasteiger partial charge in [0.15, 0.2) is 0 Å². The minimum atomic E-state index is -0.0186. The lowest BCUT2D eigenvalue weighted by atomic mass is 10.1. The molecule has 1 amide bonds. The van der Waals surface area contributed by atoms with E-state index in [0.717, 1.165) is 40.3 Å². The second kappa shape index (κ2) is 7.05. The molecule has 4 rings (SSSR count). The molecular weight excluding hydrogens is 368 g/mol. The van der Waals surface area contributed by atoms with E-state index < -0.39 is 0 Å².